The number of H-pyrrole nitrogens is 1. The van der Waals surface area contributed by atoms with Crippen LogP contribution in [0.1, 0.15) is 6.42 Å². The van der Waals surface area contributed by atoms with Gasteiger partial charge in [-0.25, -0.2) is 18.6 Å². The molecule has 1 amide bonds. The number of amides is 1. The predicted octanol–water partition coefficient (Wildman–Crippen LogP) is 2.70. The molecule has 1 aliphatic heterocycles. The Morgan fingerprint density at radius 2 is 2.32 bits per heavy atom. The summed E-state index contributed by atoms with van der Waals surface area (Å²) in [6.07, 6.45) is -1.92. The molecule has 22 heavy (non-hydrogen) atoms. The quantitative estimate of drug-likeness (QED) is 0.791. The maximum Gasteiger partial charge on any atom is 0.405 e. The van der Waals surface area contributed by atoms with E-state index < -0.39 is 24.5 Å². The summed E-state index contributed by atoms with van der Waals surface area (Å²) < 4.78 is 27.6. The Labute approximate surface area is 129 Å². The molecule has 0 bridgehead atoms. The maximum atomic E-state index is 13.8. The first-order chi connectivity index (χ1) is 10.3. The zero-order valence-electron chi connectivity index (χ0n) is 11.3. The highest BCUT2D eigenvalue weighted by Gasteiger charge is 2.45. The zero-order valence-corrected chi connectivity index (χ0v) is 12.1. The number of rotatable bonds is 2. The van der Waals surface area contributed by atoms with Crippen molar-refractivity contribution in [2.24, 2.45) is 0 Å². The number of carboxylic acid groups (broad SMARTS) is 1. The fraction of sp³-hybridized carbons (Fsp3) is 0.385. The Kier molecular flexibility index (Phi) is 3.56. The molecule has 0 radical (unpaired) electrons. The number of alkyl halides is 2. The molecule has 9 heteroatoms. The second-order valence-corrected chi connectivity index (χ2v) is 5.62. The standard InChI is InChI=1S/C13H13ClF2N4O2/c14-7-1-2-8-9(5-7)18-11(17-8)20-4-3-13(15,16)10(6-20)19-12(21)22/h1-2,5,10,19H,3-4,6H2,(H,17,18)(H,21,22). The van der Waals surface area contributed by atoms with Crippen LogP contribution in [-0.4, -0.2) is 46.2 Å². The molecule has 3 N–H and O–H groups in total. The minimum Gasteiger partial charge on any atom is -0.465 e. The molecule has 1 atom stereocenters. The van der Waals surface area contributed by atoms with E-state index in [1.165, 1.54) is 0 Å². The van der Waals surface area contributed by atoms with Crippen molar-refractivity contribution in [1.82, 2.24) is 15.3 Å². The molecule has 0 spiro atoms. The summed E-state index contributed by atoms with van der Waals surface area (Å²) in [6, 6.07) is 3.63. The molecule has 1 aromatic heterocycles. The fourth-order valence-corrected chi connectivity index (χ4v) is 2.69. The Morgan fingerprint density at radius 1 is 1.55 bits per heavy atom. The molecule has 118 valence electrons. The van der Waals surface area contributed by atoms with Crippen LogP contribution in [0, 0.1) is 0 Å². The average molecular weight is 331 g/mol. The molecule has 1 aliphatic rings. The second kappa shape index (κ2) is 5.28. The number of anilines is 1. The van der Waals surface area contributed by atoms with E-state index in [4.69, 9.17) is 16.7 Å². The summed E-state index contributed by atoms with van der Waals surface area (Å²) in [5, 5.41) is 11.1. The van der Waals surface area contributed by atoms with Gasteiger partial charge in [-0.2, -0.15) is 0 Å². The number of nitrogens with one attached hydrogen (secondary N) is 2. The predicted molar refractivity (Wildman–Crippen MR) is 77.8 cm³/mol. The third-order valence-corrected chi connectivity index (χ3v) is 3.89. The lowest BCUT2D eigenvalue weighted by molar-refractivity contribution is -0.0494. The first-order valence-corrected chi connectivity index (χ1v) is 7.00. The first-order valence-electron chi connectivity index (χ1n) is 6.63. The molecule has 1 saturated heterocycles. The normalized spacial score (nSPS) is 21.0. The number of aromatic nitrogens is 2. The first kappa shape index (κ1) is 14.8. The van der Waals surface area contributed by atoms with Crippen LogP contribution in [0.15, 0.2) is 18.2 Å². The average Bonchev–Trinajstić information content (AvgIpc) is 2.83. The van der Waals surface area contributed by atoms with Gasteiger partial charge in [-0.3, -0.25) is 0 Å². The van der Waals surface area contributed by atoms with Gasteiger partial charge in [0.05, 0.1) is 11.0 Å². The van der Waals surface area contributed by atoms with Crippen molar-refractivity contribution in [2.75, 3.05) is 18.0 Å². The summed E-state index contributed by atoms with van der Waals surface area (Å²) in [5.74, 6) is -2.66. The lowest BCUT2D eigenvalue weighted by Gasteiger charge is -2.37. The molecular weight excluding hydrogens is 318 g/mol. The van der Waals surface area contributed by atoms with E-state index in [-0.39, 0.29) is 13.1 Å². The van der Waals surface area contributed by atoms with Crippen LogP contribution >= 0.6 is 11.6 Å². The van der Waals surface area contributed by atoms with Crippen molar-refractivity contribution in [3.8, 4) is 0 Å². The Hall–Kier alpha value is -2.09. The number of piperidine rings is 1. The number of carbonyl (C=O) groups is 1. The highest BCUT2D eigenvalue weighted by molar-refractivity contribution is 6.31. The van der Waals surface area contributed by atoms with Crippen molar-refractivity contribution >= 4 is 34.7 Å². The second-order valence-electron chi connectivity index (χ2n) is 5.18. The molecule has 2 aromatic rings. The van der Waals surface area contributed by atoms with Gasteiger partial charge in [-0.1, -0.05) is 11.6 Å². The van der Waals surface area contributed by atoms with Gasteiger partial charge in [-0.05, 0) is 18.2 Å². The molecule has 6 nitrogen and oxygen atoms in total. The van der Waals surface area contributed by atoms with Crippen molar-refractivity contribution in [3.05, 3.63) is 23.2 Å². The number of hydrogen-bond donors (Lipinski definition) is 3. The van der Waals surface area contributed by atoms with E-state index in [0.29, 0.717) is 22.0 Å². The van der Waals surface area contributed by atoms with Gasteiger partial charge in [0.15, 0.2) is 0 Å². The SMILES string of the molecule is O=C(O)NC1CN(c2nc3ccc(Cl)cc3[nH]2)CCC1(F)F. The Morgan fingerprint density at radius 3 is 3.05 bits per heavy atom. The molecule has 0 aliphatic carbocycles. The highest BCUT2D eigenvalue weighted by Crippen LogP contribution is 2.31. The molecule has 2 heterocycles. The number of halogens is 3. The van der Waals surface area contributed by atoms with Crippen LogP contribution in [-0.2, 0) is 0 Å². The topological polar surface area (TPSA) is 81.2 Å². The monoisotopic (exact) mass is 330 g/mol. The minimum atomic E-state index is -3.08. The van der Waals surface area contributed by atoms with E-state index in [1.54, 1.807) is 23.1 Å². The number of benzene rings is 1. The molecule has 3 rings (SSSR count). The fourth-order valence-electron chi connectivity index (χ4n) is 2.51. The van der Waals surface area contributed by atoms with Gasteiger partial charge in [0.2, 0.25) is 5.95 Å². The largest absolute Gasteiger partial charge is 0.465 e. The van der Waals surface area contributed by atoms with Crippen LogP contribution in [0.4, 0.5) is 19.5 Å². The zero-order chi connectivity index (χ0) is 15.9. The molecule has 1 fully saturated rings. The van der Waals surface area contributed by atoms with E-state index in [1.807, 2.05) is 5.32 Å². The Bertz CT molecular complexity index is 721. The highest BCUT2D eigenvalue weighted by atomic mass is 35.5. The van der Waals surface area contributed by atoms with Gasteiger partial charge >= 0.3 is 6.09 Å². The van der Waals surface area contributed by atoms with Crippen molar-refractivity contribution in [1.29, 1.82) is 0 Å². The van der Waals surface area contributed by atoms with Crippen LogP contribution in [0.5, 0.6) is 0 Å². The van der Waals surface area contributed by atoms with Crippen molar-refractivity contribution in [3.63, 3.8) is 0 Å². The van der Waals surface area contributed by atoms with Gasteiger partial charge < -0.3 is 20.3 Å². The van der Waals surface area contributed by atoms with Crippen LogP contribution in [0.3, 0.4) is 0 Å². The van der Waals surface area contributed by atoms with E-state index in [9.17, 15) is 13.6 Å². The summed E-state index contributed by atoms with van der Waals surface area (Å²) in [7, 11) is 0. The van der Waals surface area contributed by atoms with Gasteiger partial charge in [0, 0.05) is 24.5 Å². The van der Waals surface area contributed by atoms with E-state index in [0.717, 1.165) is 0 Å². The minimum absolute atomic E-state index is 0.0817. The number of imidazole rings is 1. The summed E-state index contributed by atoms with van der Waals surface area (Å²) in [6.45, 7) is -0.0782. The summed E-state index contributed by atoms with van der Waals surface area (Å²) in [4.78, 5) is 19.6. The molecule has 0 saturated carbocycles. The van der Waals surface area contributed by atoms with E-state index >= 15 is 0 Å². The Balaban J connectivity index is 1.85. The van der Waals surface area contributed by atoms with Crippen LogP contribution in [0.25, 0.3) is 11.0 Å². The third kappa shape index (κ3) is 2.78. The number of nitrogens with zero attached hydrogens (tertiary/aromatic N) is 2. The lowest BCUT2D eigenvalue weighted by Crippen LogP contribution is -2.58. The summed E-state index contributed by atoms with van der Waals surface area (Å²) >= 11 is 5.90. The summed E-state index contributed by atoms with van der Waals surface area (Å²) in [5.41, 5.74) is 1.36. The van der Waals surface area contributed by atoms with Crippen molar-refractivity contribution < 1.29 is 18.7 Å². The number of fused-ring (bicyclic) bond motifs is 1. The van der Waals surface area contributed by atoms with Crippen LogP contribution < -0.4 is 10.2 Å². The van der Waals surface area contributed by atoms with Crippen molar-refractivity contribution in [2.45, 2.75) is 18.4 Å². The lowest BCUT2D eigenvalue weighted by atomic mass is 10.0. The third-order valence-electron chi connectivity index (χ3n) is 3.66. The molecule has 1 aromatic carbocycles. The van der Waals surface area contributed by atoms with Gasteiger partial charge in [-0.15, -0.1) is 0 Å². The molecular formula is C13H13ClF2N4O2. The van der Waals surface area contributed by atoms with E-state index in [2.05, 4.69) is 9.97 Å². The molecule has 1 unspecified atom stereocenters. The van der Waals surface area contributed by atoms with Crippen LogP contribution in [0.2, 0.25) is 5.02 Å². The number of hydrogen-bond acceptors (Lipinski definition) is 3. The smallest absolute Gasteiger partial charge is 0.405 e. The van der Waals surface area contributed by atoms with Gasteiger partial charge in [0.25, 0.3) is 5.92 Å². The number of aromatic amines is 1. The maximum absolute atomic E-state index is 13.8. The van der Waals surface area contributed by atoms with Gasteiger partial charge in [0.1, 0.15) is 6.04 Å².